The lowest BCUT2D eigenvalue weighted by Gasteiger charge is -2.36. The van der Waals surface area contributed by atoms with Crippen LogP contribution in [0.15, 0.2) is 24.3 Å². The van der Waals surface area contributed by atoms with E-state index in [1.807, 2.05) is 9.80 Å². The second-order valence-electron chi connectivity index (χ2n) is 7.88. The largest absolute Gasteiger partial charge is 0.368 e. The number of benzene rings is 1. The maximum absolute atomic E-state index is 13.0. The predicted molar refractivity (Wildman–Crippen MR) is 106 cm³/mol. The van der Waals surface area contributed by atoms with Crippen molar-refractivity contribution in [1.82, 2.24) is 20.0 Å². The highest BCUT2D eigenvalue weighted by Gasteiger charge is 2.49. The highest BCUT2D eigenvalue weighted by Crippen LogP contribution is 2.30. The number of urea groups is 1. The summed E-state index contributed by atoms with van der Waals surface area (Å²) in [5, 5.41) is 3.38. The topological polar surface area (TPSA) is 82.2 Å². The number of imide groups is 1. The quantitative estimate of drug-likeness (QED) is 0.744. The van der Waals surface area contributed by atoms with Gasteiger partial charge in [-0.2, -0.15) is 0 Å². The van der Waals surface area contributed by atoms with Gasteiger partial charge in [0.05, 0.1) is 6.67 Å². The molecule has 0 aliphatic carbocycles. The van der Waals surface area contributed by atoms with Gasteiger partial charge in [-0.05, 0) is 37.5 Å². The van der Waals surface area contributed by atoms with Crippen LogP contribution in [-0.2, 0) is 19.9 Å². The summed E-state index contributed by atoms with van der Waals surface area (Å²) in [5.41, 5.74) is -0.422. The Morgan fingerprint density at radius 3 is 2.52 bits per heavy atom. The van der Waals surface area contributed by atoms with E-state index in [-0.39, 0.29) is 24.6 Å². The van der Waals surface area contributed by atoms with Crippen LogP contribution in [-0.4, -0.2) is 78.1 Å². The number of carbonyl (C=O) groups is 3. The molecule has 0 bridgehead atoms. The number of ether oxygens (including phenoxy) is 1. The first-order valence-corrected chi connectivity index (χ1v) is 10.3. The molecule has 156 valence electrons. The first-order chi connectivity index (χ1) is 13.9. The van der Waals surface area contributed by atoms with E-state index in [2.05, 4.69) is 5.32 Å². The van der Waals surface area contributed by atoms with Crippen LogP contribution in [0.3, 0.4) is 0 Å². The van der Waals surface area contributed by atoms with Gasteiger partial charge in [0.1, 0.15) is 11.6 Å². The number of rotatable bonds is 4. The molecule has 2 atom stereocenters. The smallest absolute Gasteiger partial charge is 0.326 e. The molecule has 1 aromatic rings. The van der Waals surface area contributed by atoms with Crippen LogP contribution in [0, 0.1) is 0 Å². The SMILES string of the molecule is C[C@@]1(c2ccc(Cl)cc2)NC(=O)N(CN2CCN(C(=O)[C@@H]3CCCO3)CC2)C1=O. The van der Waals surface area contributed by atoms with Gasteiger partial charge in [0, 0.05) is 37.8 Å². The summed E-state index contributed by atoms with van der Waals surface area (Å²) in [7, 11) is 0. The van der Waals surface area contributed by atoms with E-state index in [9.17, 15) is 14.4 Å². The summed E-state index contributed by atoms with van der Waals surface area (Å²) < 4.78 is 5.48. The van der Waals surface area contributed by atoms with Crippen LogP contribution in [0.1, 0.15) is 25.3 Å². The molecule has 4 rings (SSSR count). The van der Waals surface area contributed by atoms with Gasteiger partial charge in [0.25, 0.3) is 11.8 Å². The molecule has 1 N–H and O–H groups in total. The fraction of sp³-hybridized carbons (Fsp3) is 0.550. The van der Waals surface area contributed by atoms with Crippen LogP contribution in [0.5, 0.6) is 0 Å². The summed E-state index contributed by atoms with van der Waals surface area (Å²) in [4.78, 5) is 43.1. The highest BCUT2D eigenvalue weighted by molar-refractivity contribution is 6.30. The number of nitrogens with one attached hydrogen (secondary N) is 1. The average molecular weight is 421 g/mol. The summed E-state index contributed by atoms with van der Waals surface area (Å²) >= 11 is 5.94. The Morgan fingerprint density at radius 1 is 1.21 bits per heavy atom. The lowest BCUT2D eigenvalue weighted by Crippen LogP contribution is -2.54. The second-order valence-corrected chi connectivity index (χ2v) is 8.32. The summed E-state index contributed by atoms with van der Waals surface area (Å²) in [6.45, 7) is 4.90. The number of hydrogen-bond acceptors (Lipinski definition) is 5. The number of amides is 4. The minimum absolute atomic E-state index is 0.0486. The maximum atomic E-state index is 13.0. The monoisotopic (exact) mass is 420 g/mol. The summed E-state index contributed by atoms with van der Waals surface area (Å²) in [6, 6.07) is 6.49. The number of piperazine rings is 1. The van der Waals surface area contributed by atoms with Gasteiger partial charge in [0.15, 0.2) is 0 Å². The molecule has 3 saturated heterocycles. The van der Waals surface area contributed by atoms with Crippen molar-refractivity contribution in [3.63, 3.8) is 0 Å². The zero-order valence-electron chi connectivity index (χ0n) is 16.4. The molecule has 0 radical (unpaired) electrons. The van der Waals surface area contributed by atoms with Gasteiger partial charge in [-0.3, -0.25) is 14.5 Å². The fourth-order valence-electron chi connectivity index (χ4n) is 4.09. The van der Waals surface area contributed by atoms with E-state index in [0.29, 0.717) is 43.4 Å². The van der Waals surface area contributed by atoms with Crippen LogP contribution in [0.25, 0.3) is 0 Å². The highest BCUT2D eigenvalue weighted by atomic mass is 35.5. The van der Waals surface area contributed by atoms with Gasteiger partial charge in [0.2, 0.25) is 0 Å². The molecule has 0 spiro atoms. The standard InChI is InChI=1S/C20H25ClN4O4/c1-20(14-4-6-15(21)7-5-14)18(27)25(19(28)22-20)13-23-8-10-24(11-9-23)17(26)16-3-2-12-29-16/h4-7,16H,2-3,8-13H2,1H3,(H,22,28)/t16-,20-/m0/s1. The molecule has 3 heterocycles. The van der Waals surface area contributed by atoms with Crippen molar-refractivity contribution < 1.29 is 19.1 Å². The Hall–Kier alpha value is -2.16. The molecule has 0 unspecified atom stereocenters. The zero-order chi connectivity index (χ0) is 20.6. The van der Waals surface area contributed by atoms with Crippen molar-refractivity contribution in [2.75, 3.05) is 39.5 Å². The van der Waals surface area contributed by atoms with Crippen molar-refractivity contribution in [3.05, 3.63) is 34.9 Å². The van der Waals surface area contributed by atoms with Crippen molar-refractivity contribution in [1.29, 1.82) is 0 Å². The minimum Gasteiger partial charge on any atom is -0.368 e. The third-order valence-electron chi connectivity index (χ3n) is 5.93. The molecular weight excluding hydrogens is 396 g/mol. The molecule has 1 aromatic carbocycles. The Morgan fingerprint density at radius 2 is 1.90 bits per heavy atom. The number of halogens is 1. The van der Waals surface area contributed by atoms with Gasteiger partial charge < -0.3 is 15.0 Å². The van der Waals surface area contributed by atoms with E-state index in [1.54, 1.807) is 31.2 Å². The van der Waals surface area contributed by atoms with E-state index in [0.717, 1.165) is 12.8 Å². The third-order valence-corrected chi connectivity index (χ3v) is 6.18. The Bertz CT molecular complexity index is 803. The molecule has 3 aliphatic rings. The van der Waals surface area contributed by atoms with Gasteiger partial charge >= 0.3 is 6.03 Å². The summed E-state index contributed by atoms with van der Waals surface area (Å²) in [6.07, 6.45) is 1.40. The first-order valence-electron chi connectivity index (χ1n) is 9.91. The Labute approximate surface area is 174 Å². The van der Waals surface area contributed by atoms with Crippen LogP contribution in [0.4, 0.5) is 4.79 Å². The third kappa shape index (κ3) is 3.84. The van der Waals surface area contributed by atoms with Crippen LogP contribution in [0.2, 0.25) is 5.02 Å². The molecular formula is C20H25ClN4O4. The molecule has 0 aromatic heterocycles. The lowest BCUT2D eigenvalue weighted by molar-refractivity contribution is -0.143. The van der Waals surface area contributed by atoms with Gasteiger partial charge in [-0.25, -0.2) is 9.69 Å². The second kappa shape index (κ2) is 7.93. The van der Waals surface area contributed by atoms with E-state index in [1.165, 1.54) is 4.90 Å². The van der Waals surface area contributed by atoms with Crippen LogP contribution < -0.4 is 5.32 Å². The van der Waals surface area contributed by atoms with Crippen molar-refractivity contribution in [3.8, 4) is 0 Å². The molecule has 29 heavy (non-hydrogen) atoms. The molecule has 0 saturated carbocycles. The Kier molecular flexibility index (Phi) is 5.50. The van der Waals surface area contributed by atoms with Gasteiger partial charge in [-0.1, -0.05) is 23.7 Å². The number of hydrogen-bond donors (Lipinski definition) is 1. The van der Waals surface area contributed by atoms with Crippen molar-refractivity contribution in [2.45, 2.75) is 31.4 Å². The van der Waals surface area contributed by atoms with Crippen molar-refractivity contribution in [2.24, 2.45) is 0 Å². The number of nitrogens with zero attached hydrogens (tertiary/aromatic N) is 3. The molecule has 9 heteroatoms. The van der Waals surface area contributed by atoms with Crippen LogP contribution >= 0.6 is 11.6 Å². The molecule has 3 fully saturated rings. The first kappa shape index (κ1) is 20.1. The van der Waals surface area contributed by atoms with E-state index >= 15 is 0 Å². The predicted octanol–water partition coefficient (Wildman–Crippen LogP) is 1.39. The lowest BCUT2D eigenvalue weighted by atomic mass is 9.92. The van der Waals surface area contributed by atoms with Gasteiger partial charge in [-0.15, -0.1) is 0 Å². The minimum atomic E-state index is -1.11. The van der Waals surface area contributed by atoms with E-state index < -0.39 is 11.6 Å². The zero-order valence-corrected chi connectivity index (χ0v) is 17.2. The molecule has 3 aliphatic heterocycles. The molecule has 8 nitrogen and oxygen atoms in total. The normalized spacial score (nSPS) is 28.1. The van der Waals surface area contributed by atoms with E-state index in [4.69, 9.17) is 16.3 Å². The average Bonchev–Trinajstić information content (AvgIpc) is 3.32. The molecule has 4 amide bonds. The number of carbonyl (C=O) groups excluding carboxylic acids is 3. The Balaban J connectivity index is 1.36. The van der Waals surface area contributed by atoms with Crippen molar-refractivity contribution >= 4 is 29.4 Å². The maximum Gasteiger partial charge on any atom is 0.326 e. The summed E-state index contributed by atoms with van der Waals surface area (Å²) in [5.74, 6) is -0.241. The fourth-order valence-corrected chi connectivity index (χ4v) is 4.22.